The summed E-state index contributed by atoms with van der Waals surface area (Å²) in [6, 6.07) is 12.4. The van der Waals surface area contributed by atoms with E-state index in [1.165, 1.54) is 12.1 Å². The zero-order valence-corrected chi connectivity index (χ0v) is 13.5. The SMILES string of the molecule is CC(C)C(NCc1ccc(Cl)c(Cl)c1)c1ccc(F)cc1. The Hall–Kier alpha value is -1.09. The molecule has 1 nitrogen and oxygen atoms in total. The predicted molar refractivity (Wildman–Crippen MR) is 87.3 cm³/mol. The summed E-state index contributed by atoms with van der Waals surface area (Å²) in [5, 5.41) is 4.60. The average Bonchev–Trinajstić information content (AvgIpc) is 2.44. The molecule has 0 aliphatic heterocycles. The molecule has 0 fully saturated rings. The van der Waals surface area contributed by atoms with Crippen LogP contribution in [0.5, 0.6) is 0 Å². The van der Waals surface area contributed by atoms with Gasteiger partial charge in [0.25, 0.3) is 0 Å². The van der Waals surface area contributed by atoms with E-state index < -0.39 is 0 Å². The molecule has 0 spiro atoms. The summed E-state index contributed by atoms with van der Waals surface area (Å²) in [5.74, 6) is 0.170. The molecule has 0 saturated heterocycles. The van der Waals surface area contributed by atoms with E-state index in [-0.39, 0.29) is 11.9 Å². The lowest BCUT2D eigenvalue weighted by molar-refractivity contribution is 0.410. The molecule has 21 heavy (non-hydrogen) atoms. The van der Waals surface area contributed by atoms with E-state index in [1.807, 2.05) is 24.3 Å². The van der Waals surface area contributed by atoms with Gasteiger partial charge in [-0.2, -0.15) is 0 Å². The highest BCUT2D eigenvalue weighted by Gasteiger charge is 2.15. The van der Waals surface area contributed by atoms with Crippen molar-refractivity contribution in [2.24, 2.45) is 5.92 Å². The van der Waals surface area contributed by atoms with Crippen molar-refractivity contribution in [1.82, 2.24) is 5.32 Å². The van der Waals surface area contributed by atoms with Gasteiger partial charge in [0.1, 0.15) is 5.82 Å². The van der Waals surface area contributed by atoms with Crippen molar-refractivity contribution in [3.05, 3.63) is 69.5 Å². The molecule has 2 rings (SSSR count). The first-order chi connectivity index (χ1) is 9.97. The minimum atomic E-state index is -0.217. The Kier molecular flexibility index (Phi) is 5.63. The second kappa shape index (κ2) is 7.26. The Balaban J connectivity index is 2.09. The molecule has 1 N–H and O–H groups in total. The van der Waals surface area contributed by atoms with Crippen molar-refractivity contribution in [3.8, 4) is 0 Å². The van der Waals surface area contributed by atoms with Gasteiger partial charge in [-0.25, -0.2) is 4.39 Å². The lowest BCUT2D eigenvalue weighted by atomic mass is 9.95. The first kappa shape index (κ1) is 16.3. The second-order valence-corrected chi connectivity index (χ2v) is 6.22. The number of benzene rings is 2. The van der Waals surface area contributed by atoms with Crippen LogP contribution in [0, 0.1) is 11.7 Å². The smallest absolute Gasteiger partial charge is 0.123 e. The van der Waals surface area contributed by atoms with Crippen LogP contribution in [0.15, 0.2) is 42.5 Å². The maximum absolute atomic E-state index is 13.0. The van der Waals surface area contributed by atoms with Gasteiger partial charge in [0.15, 0.2) is 0 Å². The highest BCUT2D eigenvalue weighted by Crippen LogP contribution is 2.25. The van der Waals surface area contributed by atoms with Crippen LogP contribution in [0.3, 0.4) is 0 Å². The molecule has 1 unspecified atom stereocenters. The summed E-state index contributed by atoms with van der Waals surface area (Å²) in [5.41, 5.74) is 2.14. The van der Waals surface area contributed by atoms with Crippen molar-refractivity contribution in [3.63, 3.8) is 0 Å². The molecule has 0 radical (unpaired) electrons. The quantitative estimate of drug-likeness (QED) is 0.752. The lowest BCUT2D eigenvalue weighted by Gasteiger charge is -2.23. The third-order valence-electron chi connectivity index (χ3n) is 3.41. The van der Waals surface area contributed by atoms with Crippen LogP contribution in [0.2, 0.25) is 10.0 Å². The zero-order valence-electron chi connectivity index (χ0n) is 12.0. The Morgan fingerprint density at radius 1 is 1.00 bits per heavy atom. The van der Waals surface area contributed by atoms with Crippen LogP contribution in [0.4, 0.5) is 4.39 Å². The molecule has 0 aliphatic carbocycles. The van der Waals surface area contributed by atoms with Crippen LogP contribution in [0.1, 0.15) is 31.0 Å². The summed E-state index contributed by atoms with van der Waals surface area (Å²) < 4.78 is 13.0. The van der Waals surface area contributed by atoms with Crippen molar-refractivity contribution in [2.45, 2.75) is 26.4 Å². The maximum atomic E-state index is 13.0. The summed E-state index contributed by atoms with van der Waals surface area (Å²) in [6.07, 6.45) is 0. The molecular weight excluding hydrogens is 308 g/mol. The third-order valence-corrected chi connectivity index (χ3v) is 4.14. The van der Waals surface area contributed by atoms with E-state index in [1.54, 1.807) is 6.07 Å². The Morgan fingerprint density at radius 3 is 2.24 bits per heavy atom. The van der Waals surface area contributed by atoms with Crippen molar-refractivity contribution in [2.75, 3.05) is 0 Å². The maximum Gasteiger partial charge on any atom is 0.123 e. The van der Waals surface area contributed by atoms with Gasteiger partial charge in [0.05, 0.1) is 10.0 Å². The molecule has 4 heteroatoms. The molecule has 2 aromatic rings. The van der Waals surface area contributed by atoms with E-state index in [9.17, 15) is 4.39 Å². The predicted octanol–water partition coefficient (Wildman–Crippen LogP) is 5.62. The summed E-state index contributed by atoms with van der Waals surface area (Å²) in [4.78, 5) is 0. The van der Waals surface area contributed by atoms with Gasteiger partial charge in [-0.15, -0.1) is 0 Å². The fraction of sp³-hybridized carbons (Fsp3) is 0.294. The summed E-state index contributed by atoms with van der Waals surface area (Å²) in [6.45, 7) is 4.95. The van der Waals surface area contributed by atoms with Gasteiger partial charge >= 0.3 is 0 Å². The van der Waals surface area contributed by atoms with Crippen LogP contribution in [-0.2, 0) is 6.54 Å². The van der Waals surface area contributed by atoms with Gasteiger partial charge in [-0.3, -0.25) is 0 Å². The van der Waals surface area contributed by atoms with Gasteiger partial charge < -0.3 is 5.32 Å². The minimum absolute atomic E-state index is 0.153. The lowest BCUT2D eigenvalue weighted by Crippen LogP contribution is -2.25. The molecular formula is C17H18Cl2FN. The minimum Gasteiger partial charge on any atom is -0.306 e. The average molecular weight is 326 g/mol. The fourth-order valence-corrected chi connectivity index (χ4v) is 2.61. The standard InChI is InChI=1S/C17H18Cl2FN/c1-11(2)17(13-4-6-14(20)7-5-13)21-10-12-3-8-15(18)16(19)9-12/h3-9,11,17,21H,10H2,1-2H3. The fourth-order valence-electron chi connectivity index (χ4n) is 2.29. The number of halogens is 3. The van der Waals surface area contributed by atoms with Crippen LogP contribution in [0.25, 0.3) is 0 Å². The van der Waals surface area contributed by atoms with E-state index in [2.05, 4.69) is 19.2 Å². The van der Waals surface area contributed by atoms with E-state index >= 15 is 0 Å². The van der Waals surface area contributed by atoms with Crippen molar-refractivity contribution < 1.29 is 4.39 Å². The topological polar surface area (TPSA) is 12.0 Å². The Labute approximate surface area is 135 Å². The normalized spacial score (nSPS) is 12.7. The number of hydrogen-bond donors (Lipinski definition) is 1. The van der Waals surface area contributed by atoms with Gasteiger partial charge in [-0.05, 0) is 41.3 Å². The van der Waals surface area contributed by atoms with Crippen LogP contribution < -0.4 is 5.32 Å². The second-order valence-electron chi connectivity index (χ2n) is 5.40. The molecule has 0 aliphatic rings. The van der Waals surface area contributed by atoms with Gasteiger partial charge in [0.2, 0.25) is 0 Å². The molecule has 0 amide bonds. The molecule has 0 bridgehead atoms. The molecule has 0 heterocycles. The first-order valence-corrected chi connectivity index (χ1v) is 7.65. The Bertz CT molecular complexity index is 596. The van der Waals surface area contributed by atoms with Crippen LogP contribution >= 0.6 is 23.2 Å². The number of nitrogens with one attached hydrogen (secondary N) is 1. The Morgan fingerprint density at radius 2 is 1.67 bits per heavy atom. The van der Waals surface area contributed by atoms with Gasteiger partial charge in [-0.1, -0.05) is 55.2 Å². The van der Waals surface area contributed by atoms with E-state index in [0.717, 1.165) is 11.1 Å². The van der Waals surface area contributed by atoms with Crippen LogP contribution in [-0.4, -0.2) is 0 Å². The number of rotatable bonds is 5. The number of hydrogen-bond acceptors (Lipinski definition) is 1. The highest BCUT2D eigenvalue weighted by molar-refractivity contribution is 6.42. The largest absolute Gasteiger partial charge is 0.306 e. The van der Waals surface area contributed by atoms with Crippen molar-refractivity contribution >= 4 is 23.2 Å². The molecule has 0 saturated carbocycles. The van der Waals surface area contributed by atoms with Crippen molar-refractivity contribution in [1.29, 1.82) is 0 Å². The zero-order chi connectivity index (χ0) is 15.4. The first-order valence-electron chi connectivity index (χ1n) is 6.90. The molecule has 1 atom stereocenters. The van der Waals surface area contributed by atoms with E-state index in [0.29, 0.717) is 22.5 Å². The monoisotopic (exact) mass is 325 g/mol. The molecule has 0 aromatic heterocycles. The van der Waals surface area contributed by atoms with Gasteiger partial charge in [0, 0.05) is 12.6 Å². The molecule has 112 valence electrons. The summed E-state index contributed by atoms with van der Waals surface area (Å²) in [7, 11) is 0. The summed E-state index contributed by atoms with van der Waals surface area (Å²) >= 11 is 11.9. The molecule has 2 aromatic carbocycles. The highest BCUT2D eigenvalue weighted by atomic mass is 35.5. The van der Waals surface area contributed by atoms with E-state index in [4.69, 9.17) is 23.2 Å². The third kappa shape index (κ3) is 4.44.